The number of aryl methyl sites for hydroxylation is 1. The van der Waals surface area contributed by atoms with Crippen molar-refractivity contribution in [3.8, 4) is 0 Å². The number of aromatic nitrogens is 1. The van der Waals surface area contributed by atoms with Crippen molar-refractivity contribution in [2.24, 2.45) is 0 Å². The number of hydrogen-bond donors (Lipinski definition) is 0. The molecule has 9 heteroatoms. The van der Waals surface area contributed by atoms with Crippen LogP contribution >= 0.6 is 22.9 Å². The van der Waals surface area contributed by atoms with E-state index in [2.05, 4.69) is 0 Å². The molecule has 2 heterocycles. The van der Waals surface area contributed by atoms with E-state index in [1.807, 2.05) is 24.0 Å². The van der Waals surface area contributed by atoms with Crippen LogP contribution in [0, 0.1) is 6.92 Å². The van der Waals surface area contributed by atoms with E-state index in [1.54, 1.807) is 27.0 Å². The van der Waals surface area contributed by atoms with E-state index in [4.69, 9.17) is 16.3 Å². The predicted molar refractivity (Wildman–Crippen MR) is 112 cm³/mol. The van der Waals surface area contributed by atoms with Gasteiger partial charge in [-0.1, -0.05) is 35.1 Å². The van der Waals surface area contributed by atoms with E-state index in [0.717, 1.165) is 22.6 Å². The Morgan fingerprint density at radius 2 is 1.83 bits per heavy atom. The Labute approximate surface area is 178 Å². The lowest BCUT2D eigenvalue weighted by molar-refractivity contribution is -0.148. The van der Waals surface area contributed by atoms with Gasteiger partial charge in [0, 0.05) is 55.2 Å². The molecule has 1 fully saturated rings. The maximum atomic E-state index is 12.6. The first-order valence-electron chi connectivity index (χ1n) is 9.40. The SMILES string of the molecule is COC(=O)C(c1ccc(Cl)cc1)N1CCN(C(=O)CCn2c(C)csc2=O)CC1. The van der Waals surface area contributed by atoms with Crippen LogP contribution in [0.4, 0.5) is 0 Å². The maximum absolute atomic E-state index is 12.6. The molecule has 156 valence electrons. The van der Waals surface area contributed by atoms with E-state index >= 15 is 0 Å². The summed E-state index contributed by atoms with van der Waals surface area (Å²) in [6.45, 7) is 4.43. The van der Waals surface area contributed by atoms with Crippen LogP contribution in [0.2, 0.25) is 5.02 Å². The summed E-state index contributed by atoms with van der Waals surface area (Å²) in [5.41, 5.74) is 1.69. The number of piperazine rings is 1. The number of amides is 1. The van der Waals surface area contributed by atoms with Crippen molar-refractivity contribution in [3.05, 3.63) is 55.6 Å². The first kappa shape index (κ1) is 21.5. The van der Waals surface area contributed by atoms with Gasteiger partial charge in [-0.15, -0.1) is 0 Å². The number of rotatable bonds is 6. The summed E-state index contributed by atoms with van der Waals surface area (Å²) >= 11 is 7.11. The largest absolute Gasteiger partial charge is 0.468 e. The minimum atomic E-state index is -0.526. The van der Waals surface area contributed by atoms with Crippen molar-refractivity contribution in [2.45, 2.75) is 25.9 Å². The second kappa shape index (κ2) is 9.56. The Hall–Kier alpha value is -2.16. The fourth-order valence-corrected chi connectivity index (χ4v) is 4.41. The van der Waals surface area contributed by atoms with Gasteiger partial charge in [-0.25, -0.2) is 4.79 Å². The number of nitrogens with zero attached hydrogens (tertiary/aromatic N) is 3. The Morgan fingerprint density at radius 3 is 2.38 bits per heavy atom. The molecular formula is C20H24ClN3O4S. The van der Waals surface area contributed by atoms with Crippen molar-refractivity contribution < 1.29 is 14.3 Å². The third kappa shape index (κ3) is 5.07. The van der Waals surface area contributed by atoms with Gasteiger partial charge < -0.3 is 14.2 Å². The molecular weight excluding hydrogens is 414 g/mol. The Morgan fingerprint density at radius 1 is 1.17 bits per heavy atom. The Balaban J connectivity index is 1.60. The molecule has 3 rings (SSSR count). The Kier molecular flexibility index (Phi) is 7.10. The standard InChI is InChI=1S/C20H24ClN3O4S/c1-14-13-29-20(27)24(14)8-7-17(25)22-9-11-23(12-10-22)18(19(26)28-2)15-3-5-16(21)6-4-15/h3-6,13,18H,7-12H2,1-2H3. The zero-order chi connectivity index (χ0) is 21.0. The highest BCUT2D eigenvalue weighted by Crippen LogP contribution is 2.25. The number of esters is 1. The maximum Gasteiger partial charge on any atom is 0.327 e. The van der Waals surface area contributed by atoms with Gasteiger partial charge in [-0.2, -0.15) is 0 Å². The molecule has 1 aliphatic rings. The molecule has 0 saturated carbocycles. The van der Waals surface area contributed by atoms with Crippen LogP contribution in [0.5, 0.6) is 0 Å². The number of ether oxygens (including phenoxy) is 1. The van der Waals surface area contributed by atoms with Crippen molar-refractivity contribution in [3.63, 3.8) is 0 Å². The van der Waals surface area contributed by atoms with E-state index in [-0.39, 0.29) is 23.2 Å². The smallest absolute Gasteiger partial charge is 0.327 e. The normalized spacial score (nSPS) is 15.9. The Bertz CT molecular complexity index is 917. The van der Waals surface area contributed by atoms with Crippen molar-refractivity contribution in [1.82, 2.24) is 14.4 Å². The van der Waals surface area contributed by atoms with Crippen LogP contribution in [0.25, 0.3) is 0 Å². The van der Waals surface area contributed by atoms with E-state index < -0.39 is 6.04 Å². The molecule has 1 aromatic heterocycles. The third-order valence-electron chi connectivity index (χ3n) is 5.17. The number of hydrogen-bond acceptors (Lipinski definition) is 6. The monoisotopic (exact) mass is 437 g/mol. The lowest BCUT2D eigenvalue weighted by Crippen LogP contribution is -2.51. The first-order chi connectivity index (χ1) is 13.9. The number of carbonyl (C=O) groups excluding carboxylic acids is 2. The molecule has 29 heavy (non-hydrogen) atoms. The molecule has 1 atom stereocenters. The minimum absolute atomic E-state index is 0.0169. The van der Waals surface area contributed by atoms with Gasteiger partial charge in [0.05, 0.1) is 7.11 Å². The molecule has 1 amide bonds. The summed E-state index contributed by atoms with van der Waals surface area (Å²) in [6, 6.07) is 6.62. The van der Waals surface area contributed by atoms with E-state index in [1.165, 1.54) is 7.11 Å². The molecule has 0 bridgehead atoms. The van der Waals surface area contributed by atoms with Crippen molar-refractivity contribution in [2.75, 3.05) is 33.3 Å². The van der Waals surface area contributed by atoms with E-state index in [9.17, 15) is 14.4 Å². The highest BCUT2D eigenvalue weighted by atomic mass is 35.5. The van der Waals surface area contributed by atoms with Crippen LogP contribution in [-0.4, -0.2) is 59.5 Å². The average Bonchev–Trinajstić information content (AvgIpc) is 3.05. The van der Waals surface area contributed by atoms with Gasteiger partial charge in [-0.05, 0) is 24.6 Å². The average molecular weight is 438 g/mol. The quantitative estimate of drug-likeness (QED) is 0.648. The zero-order valence-electron chi connectivity index (χ0n) is 16.5. The zero-order valence-corrected chi connectivity index (χ0v) is 18.0. The summed E-state index contributed by atoms with van der Waals surface area (Å²) in [6.07, 6.45) is 0.287. The van der Waals surface area contributed by atoms with Crippen molar-refractivity contribution in [1.29, 1.82) is 0 Å². The molecule has 1 aliphatic heterocycles. The molecule has 2 aromatic rings. The fourth-order valence-electron chi connectivity index (χ4n) is 3.52. The van der Waals surface area contributed by atoms with Gasteiger partial charge in [0.15, 0.2) is 0 Å². The van der Waals surface area contributed by atoms with Gasteiger partial charge in [-0.3, -0.25) is 14.5 Å². The number of carbonyl (C=O) groups is 2. The first-order valence-corrected chi connectivity index (χ1v) is 10.7. The number of thiazole rings is 1. The van der Waals surface area contributed by atoms with Crippen LogP contribution in [0.1, 0.15) is 23.7 Å². The van der Waals surface area contributed by atoms with Gasteiger partial charge in [0.25, 0.3) is 0 Å². The van der Waals surface area contributed by atoms with E-state index in [0.29, 0.717) is 37.7 Å². The molecule has 1 aromatic carbocycles. The molecule has 0 radical (unpaired) electrons. The van der Waals surface area contributed by atoms with Crippen LogP contribution < -0.4 is 4.87 Å². The topological polar surface area (TPSA) is 71.8 Å². The molecule has 0 aliphatic carbocycles. The molecule has 7 nitrogen and oxygen atoms in total. The number of halogens is 1. The molecule has 0 spiro atoms. The fraction of sp³-hybridized carbons (Fsp3) is 0.450. The predicted octanol–water partition coefficient (Wildman–Crippen LogP) is 2.32. The minimum Gasteiger partial charge on any atom is -0.468 e. The van der Waals surface area contributed by atoms with Gasteiger partial charge in [0.2, 0.25) is 5.91 Å². The third-order valence-corrected chi connectivity index (χ3v) is 6.30. The van der Waals surface area contributed by atoms with Gasteiger partial charge >= 0.3 is 10.8 Å². The second-order valence-electron chi connectivity index (χ2n) is 6.94. The van der Waals surface area contributed by atoms with Gasteiger partial charge in [0.1, 0.15) is 6.04 Å². The molecule has 1 unspecified atom stereocenters. The van der Waals surface area contributed by atoms with Crippen LogP contribution in [0.15, 0.2) is 34.4 Å². The lowest BCUT2D eigenvalue weighted by Gasteiger charge is -2.38. The highest BCUT2D eigenvalue weighted by Gasteiger charge is 2.32. The lowest BCUT2D eigenvalue weighted by atomic mass is 10.0. The van der Waals surface area contributed by atoms with Crippen molar-refractivity contribution >= 4 is 34.8 Å². The summed E-state index contributed by atoms with van der Waals surface area (Å²) in [5, 5.41) is 2.41. The van der Waals surface area contributed by atoms with Crippen LogP contribution in [-0.2, 0) is 20.9 Å². The number of benzene rings is 1. The highest BCUT2D eigenvalue weighted by molar-refractivity contribution is 7.07. The molecule has 1 saturated heterocycles. The number of methoxy groups -OCH3 is 1. The summed E-state index contributed by atoms with van der Waals surface area (Å²) in [5.74, 6) is -0.317. The van der Waals surface area contributed by atoms with Crippen LogP contribution in [0.3, 0.4) is 0 Å². The summed E-state index contributed by atoms with van der Waals surface area (Å²) in [7, 11) is 1.37. The summed E-state index contributed by atoms with van der Waals surface area (Å²) in [4.78, 5) is 40.5. The molecule has 0 N–H and O–H groups in total. The summed E-state index contributed by atoms with van der Waals surface area (Å²) < 4.78 is 6.63. The second-order valence-corrected chi connectivity index (χ2v) is 8.20.